The highest BCUT2D eigenvalue weighted by atomic mass is 35.5. The van der Waals surface area contributed by atoms with Crippen LogP contribution in [0.15, 0.2) is 53.4 Å². The average Bonchev–Trinajstić information content (AvgIpc) is 2.90. The maximum atomic E-state index is 12.5. The summed E-state index contributed by atoms with van der Waals surface area (Å²) in [7, 11) is 0. The molecule has 8 heteroatoms. The molecule has 1 N–H and O–H groups in total. The average molecular weight is 403 g/mol. The van der Waals surface area contributed by atoms with Crippen LogP contribution in [0.4, 0.5) is 0 Å². The van der Waals surface area contributed by atoms with Crippen LogP contribution in [0, 0.1) is 0 Å². The molecule has 0 saturated carbocycles. The van der Waals surface area contributed by atoms with Gasteiger partial charge in [-0.3, -0.25) is 19.8 Å². The van der Waals surface area contributed by atoms with Gasteiger partial charge in [0.1, 0.15) is 6.29 Å². The molecule has 0 unspecified atom stereocenters. The fourth-order valence-electron chi connectivity index (χ4n) is 2.19. The van der Waals surface area contributed by atoms with Crippen molar-refractivity contribution in [3.05, 3.63) is 75.1 Å². The minimum absolute atomic E-state index is 0.214. The maximum Gasteiger partial charge on any atom is 0.285 e. The second kappa shape index (κ2) is 7.82. The lowest BCUT2D eigenvalue weighted by Gasteiger charge is -2.16. The van der Waals surface area contributed by atoms with Gasteiger partial charge in [-0.05, 0) is 36.0 Å². The number of amides is 2. The highest BCUT2D eigenvalue weighted by Gasteiger charge is 2.34. The minimum atomic E-state index is -0.525. The molecule has 0 aromatic heterocycles. The van der Waals surface area contributed by atoms with E-state index in [-0.39, 0.29) is 14.9 Å². The van der Waals surface area contributed by atoms with Crippen molar-refractivity contribution < 1.29 is 14.4 Å². The van der Waals surface area contributed by atoms with Crippen LogP contribution >= 0.6 is 35.6 Å². The normalized spacial score (nSPS) is 15.4. The number of halogens is 1. The first-order chi connectivity index (χ1) is 12.5. The quantitative estimate of drug-likeness (QED) is 0.480. The molecule has 2 aromatic carbocycles. The lowest BCUT2D eigenvalue weighted by molar-refractivity contribution is -0.123. The first-order valence-electron chi connectivity index (χ1n) is 7.38. The lowest BCUT2D eigenvalue weighted by Crippen LogP contribution is -2.44. The van der Waals surface area contributed by atoms with E-state index in [9.17, 15) is 14.4 Å². The molecular formula is C18H11ClN2O3S2. The van der Waals surface area contributed by atoms with Gasteiger partial charge in [0, 0.05) is 5.56 Å². The molecule has 0 spiro atoms. The summed E-state index contributed by atoms with van der Waals surface area (Å²) < 4.78 is 0.214. The second-order valence-corrected chi connectivity index (χ2v) is 7.31. The van der Waals surface area contributed by atoms with Crippen molar-refractivity contribution in [1.82, 2.24) is 10.4 Å². The van der Waals surface area contributed by atoms with Gasteiger partial charge in [0.25, 0.3) is 11.8 Å². The van der Waals surface area contributed by atoms with E-state index in [0.29, 0.717) is 10.5 Å². The van der Waals surface area contributed by atoms with Gasteiger partial charge >= 0.3 is 0 Å². The predicted molar refractivity (Wildman–Crippen MR) is 106 cm³/mol. The third-order valence-corrected chi connectivity index (χ3v) is 5.13. The molecule has 0 bridgehead atoms. The van der Waals surface area contributed by atoms with Crippen LogP contribution in [-0.4, -0.2) is 27.4 Å². The van der Waals surface area contributed by atoms with Crippen LogP contribution in [0.2, 0.25) is 5.02 Å². The van der Waals surface area contributed by atoms with Gasteiger partial charge in [-0.25, -0.2) is 0 Å². The molecule has 2 amide bonds. The van der Waals surface area contributed by atoms with Crippen molar-refractivity contribution in [2.75, 3.05) is 0 Å². The van der Waals surface area contributed by atoms with Crippen LogP contribution < -0.4 is 5.43 Å². The molecule has 26 heavy (non-hydrogen) atoms. The van der Waals surface area contributed by atoms with Gasteiger partial charge in [-0.2, -0.15) is 5.01 Å². The molecule has 1 heterocycles. The number of carbonyl (C=O) groups excluding carboxylic acids is 3. The predicted octanol–water partition coefficient (Wildman–Crippen LogP) is 3.70. The van der Waals surface area contributed by atoms with E-state index in [1.807, 2.05) is 0 Å². The molecule has 0 atom stereocenters. The van der Waals surface area contributed by atoms with Crippen LogP contribution in [0.3, 0.4) is 0 Å². The Bertz CT molecular complexity index is 942. The first kappa shape index (κ1) is 18.3. The van der Waals surface area contributed by atoms with Crippen molar-refractivity contribution >= 4 is 64.1 Å². The Kier molecular flexibility index (Phi) is 5.51. The Morgan fingerprint density at radius 1 is 1.12 bits per heavy atom. The SMILES string of the molecule is O=Cc1ccc(/C=C2/SC(=S)N(NC(=O)c3ccccc3Cl)C2=O)cc1. The van der Waals surface area contributed by atoms with E-state index < -0.39 is 11.8 Å². The zero-order valence-corrected chi connectivity index (χ0v) is 15.5. The lowest BCUT2D eigenvalue weighted by atomic mass is 10.1. The molecule has 5 nitrogen and oxygen atoms in total. The number of nitrogens with one attached hydrogen (secondary N) is 1. The van der Waals surface area contributed by atoms with Crippen molar-refractivity contribution in [2.24, 2.45) is 0 Å². The number of aldehydes is 1. The van der Waals surface area contributed by atoms with Crippen LogP contribution in [0.1, 0.15) is 26.3 Å². The number of thiocarbonyl (C=S) groups is 1. The fourth-order valence-corrected chi connectivity index (χ4v) is 3.59. The van der Waals surface area contributed by atoms with Crippen molar-refractivity contribution in [3.63, 3.8) is 0 Å². The van der Waals surface area contributed by atoms with Gasteiger partial charge in [-0.15, -0.1) is 0 Å². The highest BCUT2D eigenvalue weighted by molar-refractivity contribution is 8.26. The first-order valence-corrected chi connectivity index (χ1v) is 8.98. The summed E-state index contributed by atoms with van der Waals surface area (Å²) in [5, 5.41) is 1.30. The Hall–Kier alpha value is -2.48. The number of hydrogen-bond donors (Lipinski definition) is 1. The van der Waals surface area contributed by atoms with E-state index in [4.69, 9.17) is 23.8 Å². The number of hydrazine groups is 1. The van der Waals surface area contributed by atoms with Crippen molar-refractivity contribution in [1.29, 1.82) is 0 Å². The molecular weight excluding hydrogens is 392 g/mol. The second-order valence-electron chi connectivity index (χ2n) is 5.22. The summed E-state index contributed by atoms with van der Waals surface area (Å²) in [4.78, 5) is 35.9. The Balaban J connectivity index is 1.78. The van der Waals surface area contributed by atoms with E-state index >= 15 is 0 Å². The molecule has 1 aliphatic heterocycles. The summed E-state index contributed by atoms with van der Waals surface area (Å²) in [5.41, 5.74) is 4.01. The van der Waals surface area contributed by atoms with Crippen molar-refractivity contribution in [3.8, 4) is 0 Å². The molecule has 0 radical (unpaired) electrons. The molecule has 1 fully saturated rings. The molecule has 2 aromatic rings. The maximum absolute atomic E-state index is 12.5. The van der Waals surface area contributed by atoms with Crippen molar-refractivity contribution in [2.45, 2.75) is 0 Å². The van der Waals surface area contributed by atoms with Crippen LogP contribution in [0.5, 0.6) is 0 Å². The van der Waals surface area contributed by atoms with Gasteiger partial charge in [0.15, 0.2) is 4.32 Å². The van der Waals surface area contributed by atoms with Gasteiger partial charge in [0.2, 0.25) is 0 Å². The largest absolute Gasteiger partial charge is 0.298 e. The zero-order valence-electron chi connectivity index (χ0n) is 13.1. The van der Waals surface area contributed by atoms with Gasteiger partial charge in [-0.1, -0.05) is 59.8 Å². The topological polar surface area (TPSA) is 66.5 Å². The summed E-state index contributed by atoms with van der Waals surface area (Å²) in [6.07, 6.45) is 2.39. The van der Waals surface area contributed by atoms with Gasteiger partial charge < -0.3 is 0 Å². The highest BCUT2D eigenvalue weighted by Crippen LogP contribution is 2.31. The fraction of sp³-hybridized carbons (Fsp3) is 0. The van der Waals surface area contributed by atoms with E-state index in [1.54, 1.807) is 54.6 Å². The number of hydrogen-bond acceptors (Lipinski definition) is 5. The molecule has 1 saturated heterocycles. The summed E-state index contributed by atoms with van der Waals surface area (Å²) in [5.74, 6) is -0.955. The van der Waals surface area contributed by atoms with E-state index in [0.717, 1.165) is 28.6 Å². The number of carbonyl (C=O) groups is 3. The van der Waals surface area contributed by atoms with E-state index in [1.165, 1.54) is 0 Å². The number of nitrogens with zero attached hydrogens (tertiary/aromatic N) is 1. The van der Waals surface area contributed by atoms with Gasteiger partial charge in [0.05, 0.1) is 15.5 Å². The zero-order chi connectivity index (χ0) is 18.7. The summed E-state index contributed by atoms with van der Waals surface area (Å²) in [6, 6.07) is 13.3. The van der Waals surface area contributed by atoms with Crippen LogP contribution in [-0.2, 0) is 4.79 Å². The third kappa shape index (κ3) is 3.85. The van der Waals surface area contributed by atoms with Crippen LogP contribution in [0.25, 0.3) is 6.08 Å². The standard InChI is InChI=1S/C18H11ClN2O3S2/c19-14-4-2-1-3-13(14)16(23)20-21-17(24)15(26-18(21)25)9-11-5-7-12(10-22)8-6-11/h1-10H,(H,20,23)/b15-9+. The third-order valence-electron chi connectivity index (χ3n) is 3.50. The Morgan fingerprint density at radius 3 is 2.42 bits per heavy atom. The Morgan fingerprint density at radius 2 is 1.77 bits per heavy atom. The number of thioether (sulfide) groups is 1. The summed E-state index contributed by atoms with van der Waals surface area (Å²) >= 11 is 12.3. The summed E-state index contributed by atoms with van der Waals surface area (Å²) in [6.45, 7) is 0. The molecule has 1 aliphatic rings. The smallest absolute Gasteiger partial charge is 0.285 e. The molecule has 3 rings (SSSR count). The molecule has 130 valence electrons. The monoisotopic (exact) mass is 402 g/mol. The molecule has 0 aliphatic carbocycles. The number of rotatable bonds is 4. The van der Waals surface area contributed by atoms with E-state index in [2.05, 4.69) is 5.43 Å². The Labute approximate surface area is 164 Å². The number of benzene rings is 2. The minimum Gasteiger partial charge on any atom is -0.298 e.